The Morgan fingerprint density at radius 3 is 2.39 bits per heavy atom. The molecule has 1 aromatic carbocycles. The lowest BCUT2D eigenvalue weighted by atomic mass is 10.3. The third kappa shape index (κ3) is 5.70. The third-order valence-corrected chi connectivity index (χ3v) is 2.97. The first kappa shape index (κ1) is 19.2. The topological polar surface area (TPSA) is 76.4 Å². The molecule has 2 rings (SSSR count). The Bertz CT molecular complexity index is 603. The Hall–Kier alpha value is -1.84. The van der Waals surface area contributed by atoms with Gasteiger partial charge in [-0.2, -0.15) is 0 Å². The first-order chi connectivity index (χ1) is 10.8. The normalized spacial score (nSPS) is 9.70. The second-order valence-corrected chi connectivity index (χ2v) is 4.58. The number of nitrogens with zero attached hydrogens (tertiary/aromatic N) is 4. The van der Waals surface area contributed by atoms with Crippen molar-refractivity contribution in [3.63, 3.8) is 0 Å². The summed E-state index contributed by atoms with van der Waals surface area (Å²) in [5.74, 6) is 1.60. The monoisotopic (exact) mass is 430 g/mol. The lowest BCUT2D eigenvalue weighted by molar-refractivity contribution is 0.414. The molecule has 1 aromatic heterocycles. The molecule has 23 heavy (non-hydrogen) atoms. The molecule has 0 aliphatic heterocycles. The molecule has 2 aromatic rings. The van der Waals surface area contributed by atoms with Crippen LogP contribution in [0.4, 0.5) is 0 Å². The number of rotatable bonds is 6. The van der Waals surface area contributed by atoms with Crippen molar-refractivity contribution in [2.45, 2.75) is 20.4 Å². The van der Waals surface area contributed by atoms with E-state index in [0.29, 0.717) is 6.54 Å². The van der Waals surface area contributed by atoms with Crippen molar-refractivity contribution >= 4 is 29.9 Å². The number of aliphatic imine (C=N–C) groups is 1. The van der Waals surface area contributed by atoms with Gasteiger partial charge in [0.15, 0.2) is 5.96 Å². The van der Waals surface area contributed by atoms with E-state index in [1.165, 1.54) is 0 Å². The van der Waals surface area contributed by atoms with Crippen LogP contribution in [0.2, 0.25) is 0 Å². The van der Waals surface area contributed by atoms with Crippen molar-refractivity contribution in [3.05, 3.63) is 36.2 Å². The molecule has 0 aliphatic carbocycles. The van der Waals surface area contributed by atoms with E-state index in [-0.39, 0.29) is 24.0 Å². The molecule has 0 radical (unpaired) electrons. The molecule has 8 heteroatoms. The molecular formula is C15H23IN6O. The number of ether oxygens (including phenoxy) is 1. The largest absolute Gasteiger partial charge is 0.497 e. The Morgan fingerprint density at radius 1 is 1.17 bits per heavy atom. The summed E-state index contributed by atoms with van der Waals surface area (Å²) in [6.45, 7) is 6.19. The minimum absolute atomic E-state index is 0. The van der Waals surface area contributed by atoms with Gasteiger partial charge in [-0.05, 0) is 38.1 Å². The highest BCUT2D eigenvalue weighted by Crippen LogP contribution is 2.14. The van der Waals surface area contributed by atoms with Crippen molar-refractivity contribution in [3.8, 4) is 11.4 Å². The number of nitrogens with one attached hydrogen (secondary N) is 2. The van der Waals surface area contributed by atoms with Crippen molar-refractivity contribution < 1.29 is 4.74 Å². The Labute approximate surface area is 153 Å². The van der Waals surface area contributed by atoms with Crippen molar-refractivity contribution in [2.75, 3.05) is 20.2 Å². The quantitative estimate of drug-likeness (QED) is 0.417. The van der Waals surface area contributed by atoms with Crippen LogP contribution in [0.15, 0.2) is 35.5 Å². The fraction of sp³-hybridized carbons (Fsp3) is 0.400. The highest BCUT2D eigenvalue weighted by molar-refractivity contribution is 14.0. The summed E-state index contributed by atoms with van der Waals surface area (Å²) in [5.41, 5.74) is 1.74. The lowest BCUT2D eigenvalue weighted by Crippen LogP contribution is -2.36. The standard InChI is InChI=1S/C15H22N6O.HI/c1-4-16-15(17-5-2)18-10-12-11-21(20-19-12)13-6-8-14(22-3)9-7-13;/h6-9,11H,4-5,10H2,1-3H3,(H2,16,17,18);1H. The van der Waals surface area contributed by atoms with Crippen LogP contribution in [0, 0.1) is 0 Å². The number of hydrogen-bond acceptors (Lipinski definition) is 4. The number of guanidine groups is 1. The first-order valence-corrected chi connectivity index (χ1v) is 7.34. The van der Waals surface area contributed by atoms with Gasteiger partial charge in [-0.3, -0.25) is 0 Å². The molecule has 0 spiro atoms. The van der Waals surface area contributed by atoms with Crippen LogP contribution in [-0.4, -0.2) is 41.2 Å². The number of hydrogen-bond donors (Lipinski definition) is 2. The zero-order valence-electron chi connectivity index (χ0n) is 13.6. The fourth-order valence-corrected chi connectivity index (χ4v) is 1.90. The van der Waals surface area contributed by atoms with Gasteiger partial charge >= 0.3 is 0 Å². The SMILES string of the molecule is CCNC(=NCc1cn(-c2ccc(OC)cc2)nn1)NCC.I. The van der Waals surface area contributed by atoms with Crippen LogP contribution in [0.1, 0.15) is 19.5 Å². The molecule has 0 bridgehead atoms. The van der Waals surface area contributed by atoms with E-state index in [1.807, 2.05) is 44.3 Å². The van der Waals surface area contributed by atoms with Gasteiger partial charge in [-0.25, -0.2) is 9.67 Å². The van der Waals surface area contributed by atoms with Gasteiger partial charge in [0.2, 0.25) is 0 Å². The van der Waals surface area contributed by atoms with Gasteiger partial charge in [0, 0.05) is 13.1 Å². The average molecular weight is 430 g/mol. The van der Waals surface area contributed by atoms with Crippen LogP contribution in [-0.2, 0) is 6.54 Å². The fourth-order valence-electron chi connectivity index (χ4n) is 1.90. The van der Waals surface area contributed by atoms with Gasteiger partial charge in [-0.1, -0.05) is 5.21 Å². The third-order valence-electron chi connectivity index (χ3n) is 2.97. The number of methoxy groups -OCH3 is 1. The molecule has 0 amide bonds. The van der Waals surface area contributed by atoms with Crippen LogP contribution in [0.3, 0.4) is 0 Å². The summed E-state index contributed by atoms with van der Waals surface area (Å²) in [6, 6.07) is 7.65. The van der Waals surface area contributed by atoms with E-state index in [4.69, 9.17) is 4.74 Å². The molecule has 2 N–H and O–H groups in total. The van der Waals surface area contributed by atoms with Crippen LogP contribution >= 0.6 is 24.0 Å². The van der Waals surface area contributed by atoms with E-state index >= 15 is 0 Å². The van der Waals surface area contributed by atoms with Gasteiger partial charge in [-0.15, -0.1) is 29.1 Å². The number of halogens is 1. The minimum Gasteiger partial charge on any atom is -0.497 e. The zero-order valence-corrected chi connectivity index (χ0v) is 15.9. The molecule has 1 heterocycles. The summed E-state index contributed by atoms with van der Waals surface area (Å²) in [7, 11) is 1.65. The summed E-state index contributed by atoms with van der Waals surface area (Å²) in [6.07, 6.45) is 1.88. The second kappa shape index (κ2) is 10.0. The van der Waals surface area contributed by atoms with E-state index in [0.717, 1.165) is 36.2 Å². The molecular weight excluding hydrogens is 407 g/mol. The average Bonchev–Trinajstić information content (AvgIpc) is 3.02. The molecule has 0 atom stereocenters. The molecule has 0 aliphatic rings. The predicted octanol–water partition coefficient (Wildman–Crippen LogP) is 1.97. The molecule has 0 saturated heterocycles. The van der Waals surface area contributed by atoms with E-state index in [9.17, 15) is 0 Å². The first-order valence-electron chi connectivity index (χ1n) is 7.34. The van der Waals surface area contributed by atoms with Gasteiger partial charge in [0.05, 0.1) is 25.5 Å². The maximum atomic E-state index is 5.14. The number of aromatic nitrogens is 3. The van der Waals surface area contributed by atoms with E-state index in [2.05, 4.69) is 25.9 Å². The summed E-state index contributed by atoms with van der Waals surface area (Å²) >= 11 is 0. The molecule has 0 unspecified atom stereocenters. The summed E-state index contributed by atoms with van der Waals surface area (Å²) in [4.78, 5) is 4.47. The van der Waals surface area contributed by atoms with E-state index < -0.39 is 0 Å². The van der Waals surface area contributed by atoms with Crippen molar-refractivity contribution in [2.24, 2.45) is 4.99 Å². The molecule has 0 saturated carbocycles. The van der Waals surface area contributed by atoms with Crippen LogP contribution in [0.25, 0.3) is 5.69 Å². The Kier molecular flexibility index (Phi) is 8.38. The second-order valence-electron chi connectivity index (χ2n) is 4.58. The maximum absolute atomic E-state index is 5.14. The Balaban J connectivity index is 0.00000264. The van der Waals surface area contributed by atoms with Gasteiger partial charge in [0.25, 0.3) is 0 Å². The summed E-state index contributed by atoms with van der Waals surface area (Å²) < 4.78 is 6.87. The maximum Gasteiger partial charge on any atom is 0.191 e. The molecule has 126 valence electrons. The smallest absolute Gasteiger partial charge is 0.191 e. The van der Waals surface area contributed by atoms with Crippen LogP contribution in [0.5, 0.6) is 5.75 Å². The van der Waals surface area contributed by atoms with Gasteiger partial charge < -0.3 is 15.4 Å². The van der Waals surface area contributed by atoms with Crippen LogP contribution < -0.4 is 15.4 Å². The Morgan fingerprint density at radius 2 is 1.83 bits per heavy atom. The van der Waals surface area contributed by atoms with E-state index in [1.54, 1.807) is 11.8 Å². The number of benzene rings is 1. The molecule has 7 nitrogen and oxygen atoms in total. The lowest BCUT2D eigenvalue weighted by Gasteiger charge is -2.08. The van der Waals surface area contributed by atoms with Crippen molar-refractivity contribution in [1.29, 1.82) is 0 Å². The van der Waals surface area contributed by atoms with Gasteiger partial charge in [0.1, 0.15) is 11.4 Å². The highest BCUT2D eigenvalue weighted by atomic mass is 127. The molecule has 0 fully saturated rings. The van der Waals surface area contributed by atoms with Crippen molar-refractivity contribution in [1.82, 2.24) is 25.6 Å². The zero-order chi connectivity index (χ0) is 15.8. The summed E-state index contributed by atoms with van der Waals surface area (Å²) in [5, 5.41) is 14.6. The minimum atomic E-state index is 0. The highest BCUT2D eigenvalue weighted by Gasteiger charge is 2.03. The predicted molar refractivity (Wildman–Crippen MR) is 102 cm³/mol.